The predicted molar refractivity (Wildman–Crippen MR) is 88.4 cm³/mol. The first-order chi connectivity index (χ1) is 11.7. The van der Waals surface area contributed by atoms with E-state index in [-0.39, 0.29) is 11.7 Å². The molecule has 24 heavy (non-hydrogen) atoms. The van der Waals surface area contributed by atoms with Crippen molar-refractivity contribution in [3.05, 3.63) is 36.2 Å². The number of nitrogens with one attached hydrogen (secondary N) is 1. The van der Waals surface area contributed by atoms with Crippen molar-refractivity contribution in [3.8, 4) is 18.2 Å². The second-order valence-corrected chi connectivity index (χ2v) is 5.44. The molecule has 3 rings (SSSR count). The summed E-state index contributed by atoms with van der Waals surface area (Å²) in [7, 11) is 0. The van der Waals surface area contributed by atoms with Gasteiger partial charge in [0.15, 0.2) is 11.5 Å². The van der Waals surface area contributed by atoms with Gasteiger partial charge in [0, 0.05) is 32.0 Å². The molecule has 0 spiro atoms. The second kappa shape index (κ2) is 6.50. The van der Waals surface area contributed by atoms with Crippen molar-refractivity contribution in [1.29, 1.82) is 0 Å². The largest absolute Gasteiger partial charge is 0.383 e. The van der Waals surface area contributed by atoms with Crippen LogP contribution < -0.4 is 11.1 Å². The van der Waals surface area contributed by atoms with E-state index >= 15 is 0 Å². The molecule has 3 heterocycles. The maximum absolute atomic E-state index is 12.3. The first-order valence-corrected chi connectivity index (χ1v) is 7.56. The van der Waals surface area contributed by atoms with Crippen molar-refractivity contribution in [1.82, 2.24) is 20.1 Å². The van der Waals surface area contributed by atoms with Crippen LogP contribution in [0.3, 0.4) is 0 Å². The number of pyridine rings is 1. The lowest BCUT2D eigenvalue weighted by molar-refractivity contribution is 0.0953. The highest BCUT2D eigenvalue weighted by molar-refractivity contribution is 5.98. The molecule has 122 valence electrons. The number of rotatable bonds is 7. The van der Waals surface area contributed by atoms with Crippen molar-refractivity contribution in [3.63, 3.8) is 0 Å². The average Bonchev–Trinajstić information content (AvgIpc) is 3.27. The standard InChI is InChI=1S/C16H17N7O/c1-2-3-7-16(21-22-16)8-10-19-15(24)12-11-20-23(14(12)17)13-6-4-5-9-18-13/h1,4-6,9,11H,3,7-8,10,17H2,(H,19,24). The maximum Gasteiger partial charge on any atom is 0.256 e. The Balaban J connectivity index is 1.58. The minimum atomic E-state index is -0.413. The number of anilines is 1. The molecular weight excluding hydrogens is 306 g/mol. The van der Waals surface area contributed by atoms with E-state index in [1.807, 2.05) is 6.07 Å². The minimum absolute atomic E-state index is 0.244. The van der Waals surface area contributed by atoms with Gasteiger partial charge in [-0.25, -0.2) is 4.98 Å². The monoisotopic (exact) mass is 323 g/mol. The molecule has 0 saturated carbocycles. The Morgan fingerprint density at radius 1 is 1.38 bits per heavy atom. The fourth-order valence-corrected chi connectivity index (χ4v) is 2.33. The summed E-state index contributed by atoms with van der Waals surface area (Å²) in [6.07, 6.45) is 10.3. The maximum atomic E-state index is 12.3. The molecule has 0 fully saturated rings. The lowest BCUT2D eigenvalue weighted by Crippen LogP contribution is -2.28. The third-order valence-electron chi connectivity index (χ3n) is 3.78. The molecule has 8 nitrogen and oxygen atoms in total. The second-order valence-electron chi connectivity index (χ2n) is 5.44. The van der Waals surface area contributed by atoms with Gasteiger partial charge in [0.2, 0.25) is 0 Å². The zero-order chi connectivity index (χ0) is 17.0. The quantitative estimate of drug-likeness (QED) is 0.753. The van der Waals surface area contributed by atoms with Gasteiger partial charge in [-0.15, -0.1) is 12.3 Å². The summed E-state index contributed by atoms with van der Waals surface area (Å²) < 4.78 is 1.43. The van der Waals surface area contributed by atoms with Gasteiger partial charge in [-0.3, -0.25) is 4.79 Å². The van der Waals surface area contributed by atoms with Gasteiger partial charge in [0.25, 0.3) is 5.91 Å². The van der Waals surface area contributed by atoms with Crippen LogP contribution in [0.2, 0.25) is 0 Å². The summed E-state index contributed by atoms with van der Waals surface area (Å²) in [5.74, 6) is 3.08. The van der Waals surface area contributed by atoms with Gasteiger partial charge in [0.05, 0.1) is 6.20 Å². The van der Waals surface area contributed by atoms with E-state index in [9.17, 15) is 4.79 Å². The number of hydrogen-bond donors (Lipinski definition) is 2. The molecule has 0 radical (unpaired) electrons. The van der Waals surface area contributed by atoms with Gasteiger partial charge >= 0.3 is 0 Å². The molecule has 2 aromatic heterocycles. The molecule has 0 bridgehead atoms. The molecule has 1 amide bonds. The Labute approximate surface area is 139 Å². The molecule has 0 aliphatic carbocycles. The smallest absolute Gasteiger partial charge is 0.256 e. The summed E-state index contributed by atoms with van der Waals surface area (Å²) in [6, 6.07) is 5.37. The van der Waals surface area contributed by atoms with Crippen LogP contribution in [-0.4, -0.2) is 32.9 Å². The highest BCUT2D eigenvalue weighted by Gasteiger charge is 2.38. The van der Waals surface area contributed by atoms with E-state index in [1.54, 1.807) is 18.3 Å². The summed E-state index contributed by atoms with van der Waals surface area (Å²) in [5.41, 5.74) is 5.91. The fourth-order valence-electron chi connectivity index (χ4n) is 2.33. The van der Waals surface area contributed by atoms with Gasteiger partial charge in [-0.05, 0) is 12.1 Å². The van der Waals surface area contributed by atoms with Crippen LogP contribution in [0.1, 0.15) is 29.6 Å². The summed E-state index contributed by atoms with van der Waals surface area (Å²) in [4.78, 5) is 16.4. The van der Waals surface area contributed by atoms with Gasteiger partial charge in [0.1, 0.15) is 11.4 Å². The SMILES string of the molecule is C#CCCC1(CCNC(=O)c2cnn(-c3ccccn3)c2N)N=N1. The van der Waals surface area contributed by atoms with Crippen LogP contribution in [0, 0.1) is 12.3 Å². The number of nitrogens with two attached hydrogens (primary N) is 1. The first kappa shape index (κ1) is 15.7. The third kappa shape index (κ3) is 3.25. The molecule has 3 N–H and O–H groups in total. The van der Waals surface area contributed by atoms with Gasteiger partial charge in [-0.2, -0.15) is 20.0 Å². The Kier molecular flexibility index (Phi) is 4.24. The number of nitrogens with zero attached hydrogens (tertiary/aromatic N) is 5. The molecule has 8 heteroatoms. The van der Waals surface area contributed by atoms with Crippen LogP contribution in [0.25, 0.3) is 5.82 Å². The predicted octanol–water partition coefficient (Wildman–Crippen LogP) is 1.54. The molecule has 1 aliphatic rings. The van der Waals surface area contributed by atoms with E-state index in [1.165, 1.54) is 10.9 Å². The van der Waals surface area contributed by atoms with Crippen LogP contribution >= 0.6 is 0 Å². The first-order valence-electron chi connectivity index (χ1n) is 7.56. The topological polar surface area (TPSA) is 111 Å². The van der Waals surface area contributed by atoms with Gasteiger partial charge in [-0.1, -0.05) is 6.07 Å². The molecule has 0 atom stereocenters. The number of carbonyl (C=O) groups excluding carboxylic acids is 1. The number of amides is 1. The Morgan fingerprint density at radius 3 is 2.88 bits per heavy atom. The Hall–Kier alpha value is -3.21. The van der Waals surface area contributed by atoms with E-state index in [0.29, 0.717) is 37.2 Å². The minimum Gasteiger partial charge on any atom is -0.383 e. The number of aromatic nitrogens is 3. The number of hydrogen-bond acceptors (Lipinski definition) is 6. The molecule has 0 unspecified atom stereocenters. The fraction of sp³-hybridized carbons (Fsp3) is 0.312. The van der Waals surface area contributed by atoms with Crippen molar-refractivity contribution < 1.29 is 4.79 Å². The number of terminal acetylenes is 1. The average molecular weight is 323 g/mol. The molecule has 0 aromatic carbocycles. The normalized spacial score (nSPS) is 14.1. The molecular formula is C16H17N7O. The molecule has 0 saturated heterocycles. The molecule has 1 aliphatic heterocycles. The lowest BCUT2D eigenvalue weighted by atomic mass is 10.0. The highest BCUT2D eigenvalue weighted by Crippen LogP contribution is 2.36. The van der Waals surface area contributed by atoms with E-state index < -0.39 is 5.66 Å². The van der Waals surface area contributed by atoms with Crippen molar-refractivity contribution in [2.45, 2.75) is 24.9 Å². The van der Waals surface area contributed by atoms with Gasteiger partial charge < -0.3 is 11.1 Å². The van der Waals surface area contributed by atoms with Crippen molar-refractivity contribution in [2.24, 2.45) is 10.2 Å². The summed E-state index contributed by atoms with van der Waals surface area (Å²) in [6.45, 7) is 0.435. The number of nitrogen functional groups attached to an aromatic ring is 1. The van der Waals surface area contributed by atoms with Crippen molar-refractivity contribution >= 4 is 11.7 Å². The third-order valence-corrected chi connectivity index (χ3v) is 3.78. The number of carbonyl (C=O) groups is 1. The van der Waals surface area contributed by atoms with Crippen LogP contribution in [0.4, 0.5) is 5.82 Å². The zero-order valence-electron chi connectivity index (χ0n) is 13.0. The molecule has 2 aromatic rings. The zero-order valence-corrected chi connectivity index (χ0v) is 13.0. The van der Waals surface area contributed by atoms with Crippen LogP contribution in [0.5, 0.6) is 0 Å². The van der Waals surface area contributed by atoms with Crippen LogP contribution in [-0.2, 0) is 0 Å². The lowest BCUT2D eigenvalue weighted by Gasteiger charge is -2.09. The van der Waals surface area contributed by atoms with Crippen LogP contribution in [0.15, 0.2) is 40.8 Å². The van der Waals surface area contributed by atoms with E-state index in [4.69, 9.17) is 12.2 Å². The van der Waals surface area contributed by atoms with Crippen molar-refractivity contribution in [2.75, 3.05) is 12.3 Å². The summed E-state index contributed by atoms with van der Waals surface area (Å²) in [5, 5.41) is 15.0. The Morgan fingerprint density at radius 2 is 2.21 bits per heavy atom. The highest BCUT2D eigenvalue weighted by atomic mass is 16.1. The summed E-state index contributed by atoms with van der Waals surface area (Å²) >= 11 is 0. The van der Waals surface area contributed by atoms with E-state index in [2.05, 4.69) is 31.5 Å². The Bertz CT molecular complexity index is 798. The van der Waals surface area contributed by atoms with E-state index in [0.717, 1.165) is 0 Å².